The van der Waals surface area contributed by atoms with Gasteiger partial charge in [-0.15, -0.1) is 0 Å². The summed E-state index contributed by atoms with van der Waals surface area (Å²) in [4.78, 5) is 0. The van der Waals surface area contributed by atoms with E-state index in [1.165, 1.54) is 18.4 Å². The second-order valence-corrected chi connectivity index (χ2v) is 8.02. The molecule has 0 radical (unpaired) electrons. The minimum atomic E-state index is -0.181. The van der Waals surface area contributed by atoms with Gasteiger partial charge in [0.1, 0.15) is 20.3 Å². The molecular weight excluding hydrogens is 322 g/mol. The molecular formula is C23H36NO2+. The summed E-state index contributed by atoms with van der Waals surface area (Å²) in [5.74, 6) is 0.341. The maximum Gasteiger partial charge on any atom is 0.180 e. The molecule has 0 amide bonds. The van der Waals surface area contributed by atoms with Crippen LogP contribution in [-0.4, -0.2) is 43.4 Å². The van der Waals surface area contributed by atoms with Gasteiger partial charge >= 0.3 is 0 Å². The van der Waals surface area contributed by atoms with E-state index in [4.69, 9.17) is 9.47 Å². The highest BCUT2D eigenvalue weighted by Crippen LogP contribution is 2.41. The molecule has 26 heavy (non-hydrogen) atoms. The van der Waals surface area contributed by atoms with Crippen molar-refractivity contribution in [2.45, 2.75) is 64.3 Å². The lowest BCUT2D eigenvalue weighted by molar-refractivity contribution is -0.487. The third-order valence-electron chi connectivity index (χ3n) is 5.57. The molecule has 1 heterocycles. The summed E-state index contributed by atoms with van der Waals surface area (Å²) in [7, 11) is 1.97. The van der Waals surface area contributed by atoms with Crippen molar-refractivity contribution in [2.24, 2.45) is 5.92 Å². The lowest BCUT2D eigenvalue weighted by Gasteiger charge is -2.23. The van der Waals surface area contributed by atoms with Gasteiger partial charge in [-0.3, -0.25) is 0 Å². The average Bonchev–Trinajstić information content (AvgIpc) is 3.25. The van der Waals surface area contributed by atoms with Crippen LogP contribution in [0.1, 0.15) is 52.4 Å². The van der Waals surface area contributed by atoms with Crippen molar-refractivity contribution < 1.29 is 14.0 Å². The number of nitrogens with zero attached hydrogens (tertiary/aromatic N) is 1. The van der Waals surface area contributed by atoms with Gasteiger partial charge in [0.2, 0.25) is 0 Å². The van der Waals surface area contributed by atoms with Crippen LogP contribution >= 0.6 is 0 Å². The van der Waals surface area contributed by atoms with Gasteiger partial charge in [0.05, 0.1) is 12.2 Å². The van der Waals surface area contributed by atoms with Crippen LogP contribution in [0.2, 0.25) is 0 Å². The normalized spacial score (nSPS) is 23.7. The minimum absolute atomic E-state index is 0.0158. The van der Waals surface area contributed by atoms with Gasteiger partial charge < -0.3 is 9.47 Å². The average molecular weight is 359 g/mol. The second kappa shape index (κ2) is 9.48. The molecule has 1 aliphatic heterocycles. The van der Waals surface area contributed by atoms with Gasteiger partial charge in [0.15, 0.2) is 6.29 Å². The Morgan fingerprint density at radius 2 is 1.96 bits per heavy atom. The molecule has 1 spiro atoms. The van der Waals surface area contributed by atoms with Crippen LogP contribution in [0.5, 0.6) is 0 Å². The molecule has 0 N–H and O–H groups in total. The molecule has 3 heteroatoms. The summed E-state index contributed by atoms with van der Waals surface area (Å²) >= 11 is 0. The maximum absolute atomic E-state index is 6.33. The molecule has 144 valence electrons. The highest BCUT2D eigenvalue weighted by molar-refractivity contribution is 5.27. The Bertz CT molecular complexity index is 593. The first-order valence-electron chi connectivity index (χ1n) is 9.86. The number of allylic oxidation sites excluding steroid dienone is 4. The summed E-state index contributed by atoms with van der Waals surface area (Å²) in [6.07, 6.45) is 12.8. The van der Waals surface area contributed by atoms with Crippen LogP contribution < -0.4 is 0 Å². The van der Waals surface area contributed by atoms with E-state index in [9.17, 15) is 0 Å². The highest BCUT2D eigenvalue weighted by Gasteiger charge is 2.44. The van der Waals surface area contributed by atoms with E-state index in [0.29, 0.717) is 5.92 Å². The van der Waals surface area contributed by atoms with E-state index >= 15 is 0 Å². The molecule has 0 bridgehead atoms. The SMILES string of the molecule is C=C(C=CC(=C)C(C)CC(=CC)C1OCC2(CCCC2)O1)CC[N+](=C)C. The molecule has 0 aromatic rings. The zero-order valence-corrected chi connectivity index (χ0v) is 16.9. The quantitative estimate of drug-likeness (QED) is 0.249. The Labute approximate surface area is 159 Å². The van der Waals surface area contributed by atoms with Crippen molar-refractivity contribution in [3.8, 4) is 0 Å². The third-order valence-corrected chi connectivity index (χ3v) is 5.57. The Morgan fingerprint density at radius 3 is 2.58 bits per heavy atom. The monoisotopic (exact) mass is 358 g/mol. The molecule has 0 aromatic carbocycles. The largest absolute Gasteiger partial charge is 0.346 e. The number of rotatable bonds is 9. The van der Waals surface area contributed by atoms with Gasteiger partial charge in [0, 0.05) is 6.42 Å². The van der Waals surface area contributed by atoms with Gasteiger partial charge in [0.25, 0.3) is 0 Å². The summed E-state index contributed by atoms with van der Waals surface area (Å²) in [6, 6.07) is 0. The summed E-state index contributed by atoms with van der Waals surface area (Å²) < 4.78 is 14.3. The molecule has 2 unspecified atom stereocenters. The molecule has 3 nitrogen and oxygen atoms in total. The van der Waals surface area contributed by atoms with E-state index in [1.807, 2.05) is 11.6 Å². The van der Waals surface area contributed by atoms with Gasteiger partial charge in [-0.1, -0.05) is 56.7 Å². The minimum Gasteiger partial charge on any atom is -0.346 e. The molecule has 1 aliphatic carbocycles. The molecule has 2 rings (SSSR count). The van der Waals surface area contributed by atoms with Crippen LogP contribution in [-0.2, 0) is 9.47 Å². The first-order valence-corrected chi connectivity index (χ1v) is 9.86. The Balaban J connectivity index is 1.84. The van der Waals surface area contributed by atoms with E-state index in [2.05, 4.69) is 52.0 Å². The summed E-state index contributed by atoms with van der Waals surface area (Å²) in [5, 5.41) is 0. The second-order valence-electron chi connectivity index (χ2n) is 8.02. The predicted molar refractivity (Wildman–Crippen MR) is 110 cm³/mol. The Kier molecular flexibility index (Phi) is 7.60. The topological polar surface area (TPSA) is 21.5 Å². The molecule has 2 atom stereocenters. The van der Waals surface area contributed by atoms with Crippen LogP contribution in [0.25, 0.3) is 0 Å². The smallest absolute Gasteiger partial charge is 0.180 e. The van der Waals surface area contributed by atoms with Gasteiger partial charge in [-0.2, -0.15) is 0 Å². The molecule has 1 saturated carbocycles. The Hall–Kier alpha value is -1.45. The van der Waals surface area contributed by atoms with Gasteiger partial charge in [-0.05, 0) is 43.3 Å². The highest BCUT2D eigenvalue weighted by atomic mass is 16.7. The first kappa shape index (κ1) is 20.9. The van der Waals surface area contributed by atoms with Crippen molar-refractivity contribution in [3.63, 3.8) is 0 Å². The van der Waals surface area contributed by atoms with Crippen molar-refractivity contribution in [1.29, 1.82) is 0 Å². The van der Waals surface area contributed by atoms with E-state index < -0.39 is 0 Å². The molecule has 1 saturated heterocycles. The Morgan fingerprint density at radius 1 is 1.27 bits per heavy atom. The van der Waals surface area contributed by atoms with E-state index in [1.54, 1.807) is 0 Å². The lowest BCUT2D eigenvalue weighted by atomic mass is 9.93. The van der Waals surface area contributed by atoms with Crippen LogP contribution in [0.15, 0.2) is 48.1 Å². The molecule has 2 fully saturated rings. The fourth-order valence-corrected chi connectivity index (χ4v) is 3.63. The van der Waals surface area contributed by atoms with Crippen LogP contribution in [0.4, 0.5) is 0 Å². The van der Waals surface area contributed by atoms with Crippen molar-refractivity contribution in [3.05, 3.63) is 48.1 Å². The van der Waals surface area contributed by atoms with Crippen molar-refractivity contribution in [1.82, 2.24) is 0 Å². The lowest BCUT2D eigenvalue weighted by Crippen LogP contribution is -2.28. The standard InChI is InChI=1S/C23H36NO2/c1-7-21(22-25-17-23(26-22)13-8-9-14-23)16-20(4)19(3)11-10-18(2)12-15-24(5)6/h7,10-11,20,22H,2-3,5,8-9,12-17H2,1,4,6H3/q+1. The van der Waals surface area contributed by atoms with E-state index in [0.717, 1.165) is 50.0 Å². The first-order chi connectivity index (χ1) is 12.3. The number of hydrogen-bond donors (Lipinski definition) is 0. The summed E-state index contributed by atoms with van der Waals surface area (Å²) in [6.45, 7) is 18.1. The fourth-order valence-electron chi connectivity index (χ4n) is 3.63. The molecule has 2 aliphatic rings. The number of ether oxygens (including phenoxy) is 2. The maximum atomic E-state index is 6.33. The fraction of sp³-hybridized carbons (Fsp3) is 0.609. The van der Waals surface area contributed by atoms with Crippen molar-refractivity contribution in [2.75, 3.05) is 20.2 Å². The van der Waals surface area contributed by atoms with E-state index in [-0.39, 0.29) is 11.9 Å². The van der Waals surface area contributed by atoms with Crippen molar-refractivity contribution >= 4 is 6.72 Å². The molecule has 0 aromatic heterocycles. The zero-order valence-electron chi connectivity index (χ0n) is 16.9. The zero-order chi connectivity index (χ0) is 19.2. The van der Waals surface area contributed by atoms with Crippen LogP contribution in [0, 0.1) is 5.92 Å². The van der Waals surface area contributed by atoms with Crippen LogP contribution in [0.3, 0.4) is 0 Å². The summed E-state index contributed by atoms with van der Waals surface area (Å²) in [5.41, 5.74) is 3.43. The third kappa shape index (κ3) is 5.78. The number of hydrogen-bond acceptors (Lipinski definition) is 2. The predicted octanol–water partition coefficient (Wildman–Crippen LogP) is 5.05. The van der Waals surface area contributed by atoms with Gasteiger partial charge in [-0.25, -0.2) is 4.58 Å².